The fourth-order valence-corrected chi connectivity index (χ4v) is 3.88. The van der Waals surface area contributed by atoms with Gasteiger partial charge in [0.15, 0.2) is 0 Å². The van der Waals surface area contributed by atoms with Crippen LogP contribution in [0.1, 0.15) is 45.4 Å². The lowest BCUT2D eigenvalue weighted by molar-refractivity contribution is 0.0697. The molecule has 3 aromatic rings. The summed E-state index contributed by atoms with van der Waals surface area (Å²) in [5.74, 6) is -0.895. The maximum Gasteiger partial charge on any atom is 0.335 e. The summed E-state index contributed by atoms with van der Waals surface area (Å²) in [5, 5.41) is 28.5. The van der Waals surface area contributed by atoms with E-state index in [0.29, 0.717) is 33.6 Å². The Morgan fingerprint density at radius 3 is 2.65 bits per heavy atom. The van der Waals surface area contributed by atoms with Crippen LogP contribution in [0, 0.1) is 29.6 Å². The molecule has 2 aromatic heterocycles. The largest absolute Gasteiger partial charge is 0.478 e. The second-order valence-electron chi connectivity index (χ2n) is 7.16. The van der Waals surface area contributed by atoms with Crippen LogP contribution < -0.4 is 5.73 Å². The van der Waals surface area contributed by atoms with E-state index in [4.69, 9.17) is 5.73 Å². The van der Waals surface area contributed by atoms with Gasteiger partial charge in [0.1, 0.15) is 18.0 Å². The smallest absolute Gasteiger partial charge is 0.335 e. The number of nitrogens with two attached hydrogens (primary N) is 1. The van der Waals surface area contributed by atoms with Gasteiger partial charge >= 0.3 is 5.97 Å². The average Bonchev–Trinajstić information content (AvgIpc) is 3.31. The topological polar surface area (TPSA) is 129 Å². The highest BCUT2D eigenvalue weighted by atomic mass is 16.4. The second-order valence-corrected chi connectivity index (χ2v) is 7.16. The van der Waals surface area contributed by atoms with Crippen LogP contribution in [-0.2, 0) is 0 Å². The maximum atomic E-state index is 11.4. The van der Waals surface area contributed by atoms with Crippen molar-refractivity contribution >= 4 is 29.0 Å². The standard InChI is InChI=1S/C24H17N5O2/c1-13-18(21-14(2)20(12-26)23(27)28-22(21)19(13)11-25)10-17-7-4-8-29(17)16-6-3-5-15(9-16)24(30)31/h3-10H,1-2H3,(H2,27,28)(H,30,31)/b18-10-. The number of nitrogens with zero attached hydrogens (tertiary/aromatic N) is 4. The highest BCUT2D eigenvalue weighted by Gasteiger charge is 2.29. The quantitative estimate of drug-likeness (QED) is 0.670. The predicted molar refractivity (Wildman–Crippen MR) is 117 cm³/mol. The van der Waals surface area contributed by atoms with Gasteiger partial charge in [0, 0.05) is 23.1 Å². The Kier molecular flexibility index (Phi) is 4.65. The highest BCUT2D eigenvalue weighted by Crippen LogP contribution is 2.44. The van der Waals surface area contributed by atoms with Gasteiger partial charge in [-0.15, -0.1) is 0 Å². The molecule has 150 valence electrons. The number of rotatable bonds is 3. The van der Waals surface area contributed by atoms with Crippen LogP contribution in [0.15, 0.2) is 48.2 Å². The molecule has 7 heteroatoms. The molecule has 1 aliphatic carbocycles. The lowest BCUT2D eigenvalue weighted by Crippen LogP contribution is -2.04. The Morgan fingerprint density at radius 2 is 1.97 bits per heavy atom. The number of allylic oxidation sites excluding steroid dienone is 3. The Bertz CT molecular complexity index is 1410. The van der Waals surface area contributed by atoms with Gasteiger partial charge in [-0.05, 0) is 67.0 Å². The molecule has 0 amide bonds. The molecule has 2 heterocycles. The molecule has 4 rings (SSSR count). The summed E-state index contributed by atoms with van der Waals surface area (Å²) in [5.41, 5.74) is 11.7. The number of nitrogen functional groups attached to an aromatic ring is 1. The zero-order chi connectivity index (χ0) is 22.3. The summed E-state index contributed by atoms with van der Waals surface area (Å²) >= 11 is 0. The number of hydrogen-bond donors (Lipinski definition) is 2. The van der Waals surface area contributed by atoms with Gasteiger partial charge in [0.05, 0.1) is 22.4 Å². The van der Waals surface area contributed by atoms with Crippen molar-refractivity contribution in [1.29, 1.82) is 10.5 Å². The molecule has 0 unspecified atom stereocenters. The monoisotopic (exact) mass is 407 g/mol. The van der Waals surface area contributed by atoms with Gasteiger partial charge in [0.25, 0.3) is 0 Å². The third-order valence-corrected chi connectivity index (χ3v) is 5.43. The number of nitriles is 2. The van der Waals surface area contributed by atoms with Gasteiger partial charge in [-0.25, -0.2) is 9.78 Å². The first-order valence-electron chi connectivity index (χ1n) is 9.42. The molecule has 0 saturated heterocycles. The van der Waals surface area contributed by atoms with E-state index in [1.165, 1.54) is 6.07 Å². The van der Waals surface area contributed by atoms with E-state index in [0.717, 1.165) is 16.8 Å². The first-order valence-corrected chi connectivity index (χ1v) is 9.42. The van der Waals surface area contributed by atoms with Crippen LogP contribution >= 0.6 is 0 Å². The van der Waals surface area contributed by atoms with E-state index < -0.39 is 5.97 Å². The number of anilines is 1. The number of carbonyl (C=O) groups is 1. The summed E-state index contributed by atoms with van der Waals surface area (Å²) in [6.45, 7) is 3.64. The van der Waals surface area contributed by atoms with Gasteiger partial charge in [-0.2, -0.15) is 10.5 Å². The Hall–Kier alpha value is -4.62. The van der Waals surface area contributed by atoms with Crippen LogP contribution in [0.25, 0.3) is 22.9 Å². The van der Waals surface area contributed by atoms with Gasteiger partial charge in [0.2, 0.25) is 0 Å². The number of aromatic carboxylic acids is 1. The van der Waals surface area contributed by atoms with Crippen LogP contribution in [0.5, 0.6) is 0 Å². The number of benzene rings is 1. The fraction of sp³-hybridized carbons (Fsp3) is 0.0833. The third-order valence-electron chi connectivity index (χ3n) is 5.43. The first kappa shape index (κ1) is 19.7. The number of aromatic nitrogens is 2. The average molecular weight is 407 g/mol. The van der Waals surface area contributed by atoms with Crippen molar-refractivity contribution in [3.8, 4) is 17.8 Å². The van der Waals surface area contributed by atoms with Crippen molar-refractivity contribution in [2.45, 2.75) is 13.8 Å². The van der Waals surface area contributed by atoms with Gasteiger partial charge < -0.3 is 15.4 Å². The minimum atomic E-state index is -1.00. The summed E-state index contributed by atoms with van der Waals surface area (Å²) in [7, 11) is 0. The van der Waals surface area contributed by atoms with E-state index >= 15 is 0 Å². The van der Waals surface area contributed by atoms with Crippen molar-refractivity contribution in [2.75, 3.05) is 5.73 Å². The molecule has 0 bridgehead atoms. The highest BCUT2D eigenvalue weighted by molar-refractivity contribution is 6.08. The third kappa shape index (κ3) is 3.06. The minimum Gasteiger partial charge on any atom is -0.478 e. The van der Waals surface area contributed by atoms with Crippen LogP contribution in [0.4, 0.5) is 5.82 Å². The van der Waals surface area contributed by atoms with E-state index in [1.54, 1.807) is 19.1 Å². The number of fused-ring (bicyclic) bond motifs is 1. The van der Waals surface area contributed by atoms with Crippen molar-refractivity contribution < 1.29 is 9.90 Å². The zero-order valence-electron chi connectivity index (χ0n) is 16.8. The van der Waals surface area contributed by atoms with E-state index in [1.807, 2.05) is 42.0 Å². The lowest BCUT2D eigenvalue weighted by atomic mass is 9.96. The maximum absolute atomic E-state index is 11.4. The molecule has 1 aromatic carbocycles. The van der Waals surface area contributed by atoms with Crippen molar-refractivity contribution in [3.63, 3.8) is 0 Å². The number of carboxylic acid groups (broad SMARTS) is 1. The van der Waals surface area contributed by atoms with Gasteiger partial charge in [-0.1, -0.05) is 6.07 Å². The fourth-order valence-electron chi connectivity index (χ4n) is 3.88. The zero-order valence-corrected chi connectivity index (χ0v) is 16.8. The van der Waals surface area contributed by atoms with Crippen molar-refractivity contribution in [2.24, 2.45) is 0 Å². The van der Waals surface area contributed by atoms with Crippen molar-refractivity contribution in [1.82, 2.24) is 9.55 Å². The summed E-state index contributed by atoms with van der Waals surface area (Å²) in [6, 6.07) is 14.7. The molecule has 1 aliphatic rings. The molecule has 0 aliphatic heterocycles. The second kappa shape index (κ2) is 7.33. The molecular weight excluding hydrogens is 390 g/mol. The first-order chi connectivity index (χ1) is 14.9. The molecule has 0 spiro atoms. The van der Waals surface area contributed by atoms with E-state index in [9.17, 15) is 20.4 Å². The molecule has 0 atom stereocenters. The lowest BCUT2D eigenvalue weighted by Gasteiger charge is -2.12. The normalized spacial score (nSPS) is 13.7. The Morgan fingerprint density at radius 1 is 1.19 bits per heavy atom. The molecule has 7 nitrogen and oxygen atoms in total. The molecule has 3 N–H and O–H groups in total. The number of pyridine rings is 1. The summed E-state index contributed by atoms with van der Waals surface area (Å²) in [4.78, 5) is 15.7. The van der Waals surface area contributed by atoms with E-state index in [-0.39, 0.29) is 11.4 Å². The molecule has 0 radical (unpaired) electrons. The molecular formula is C24H17N5O2. The Balaban J connectivity index is 1.94. The summed E-state index contributed by atoms with van der Waals surface area (Å²) < 4.78 is 1.86. The number of carboxylic acids is 1. The summed E-state index contributed by atoms with van der Waals surface area (Å²) in [6.07, 6.45) is 3.75. The van der Waals surface area contributed by atoms with E-state index in [2.05, 4.69) is 17.1 Å². The van der Waals surface area contributed by atoms with Gasteiger partial charge in [-0.3, -0.25) is 0 Å². The SMILES string of the molecule is CC1=C(C#N)c2nc(N)c(C#N)c(C)c2/C1=C\c1cccn1-c1cccc(C(=O)O)c1. The molecule has 0 saturated carbocycles. The molecule has 31 heavy (non-hydrogen) atoms. The molecule has 0 fully saturated rings. The predicted octanol–water partition coefficient (Wildman–Crippen LogP) is 4.18. The Labute approximate surface area is 178 Å². The van der Waals surface area contributed by atoms with Crippen LogP contribution in [-0.4, -0.2) is 20.6 Å². The minimum absolute atomic E-state index is 0.106. The number of hydrogen-bond acceptors (Lipinski definition) is 5. The van der Waals surface area contributed by atoms with Crippen LogP contribution in [0.2, 0.25) is 0 Å². The van der Waals surface area contributed by atoms with Crippen molar-refractivity contribution in [3.05, 3.63) is 81.8 Å². The van der Waals surface area contributed by atoms with Crippen LogP contribution in [0.3, 0.4) is 0 Å².